The SMILES string of the molecule is COc1ccc(Cl)cc1NC(=O)C(C)N1CCN(S(=O)(=O)c2ccc(C)cc2)CC1. The Morgan fingerprint density at radius 2 is 1.73 bits per heavy atom. The molecule has 162 valence electrons. The van der Waals surface area contributed by atoms with Crippen LogP contribution in [0.2, 0.25) is 5.02 Å². The number of aryl methyl sites for hydroxylation is 1. The molecular formula is C21H26ClN3O4S. The number of sulfonamides is 1. The summed E-state index contributed by atoms with van der Waals surface area (Å²) in [5.41, 5.74) is 1.51. The molecule has 0 aromatic heterocycles. The van der Waals surface area contributed by atoms with Crippen LogP contribution in [-0.4, -0.2) is 62.9 Å². The molecule has 1 aliphatic heterocycles. The van der Waals surface area contributed by atoms with Crippen molar-refractivity contribution >= 4 is 33.2 Å². The molecule has 9 heteroatoms. The molecule has 1 N–H and O–H groups in total. The molecule has 1 heterocycles. The second-order valence-electron chi connectivity index (χ2n) is 7.26. The van der Waals surface area contributed by atoms with Gasteiger partial charge in [-0.05, 0) is 44.2 Å². The van der Waals surface area contributed by atoms with Crippen molar-refractivity contribution in [1.82, 2.24) is 9.21 Å². The Labute approximate surface area is 182 Å². The van der Waals surface area contributed by atoms with Crippen molar-refractivity contribution in [3.63, 3.8) is 0 Å². The summed E-state index contributed by atoms with van der Waals surface area (Å²) in [5, 5.41) is 3.34. The second-order valence-corrected chi connectivity index (χ2v) is 9.64. The van der Waals surface area contributed by atoms with Crippen molar-refractivity contribution in [2.24, 2.45) is 0 Å². The Morgan fingerprint density at radius 1 is 1.10 bits per heavy atom. The van der Waals surface area contributed by atoms with Crippen molar-refractivity contribution in [3.8, 4) is 5.75 Å². The number of nitrogens with one attached hydrogen (secondary N) is 1. The van der Waals surface area contributed by atoms with E-state index < -0.39 is 16.1 Å². The van der Waals surface area contributed by atoms with Gasteiger partial charge in [0.05, 0.1) is 23.7 Å². The summed E-state index contributed by atoms with van der Waals surface area (Å²) >= 11 is 6.02. The molecule has 1 saturated heterocycles. The fourth-order valence-electron chi connectivity index (χ4n) is 3.37. The topological polar surface area (TPSA) is 79.0 Å². The Bertz CT molecular complexity index is 1000. The number of carbonyl (C=O) groups is 1. The second kappa shape index (κ2) is 9.34. The third kappa shape index (κ3) is 4.95. The lowest BCUT2D eigenvalue weighted by atomic mass is 10.2. The highest BCUT2D eigenvalue weighted by Crippen LogP contribution is 2.28. The first kappa shape index (κ1) is 22.6. The van der Waals surface area contributed by atoms with E-state index in [1.165, 1.54) is 11.4 Å². The monoisotopic (exact) mass is 451 g/mol. The maximum absolute atomic E-state index is 12.9. The highest BCUT2D eigenvalue weighted by Gasteiger charge is 2.32. The van der Waals surface area contributed by atoms with Crippen molar-refractivity contribution in [2.75, 3.05) is 38.6 Å². The molecule has 0 spiro atoms. The van der Waals surface area contributed by atoms with Gasteiger partial charge in [-0.1, -0.05) is 29.3 Å². The van der Waals surface area contributed by atoms with Crippen LogP contribution in [0, 0.1) is 6.92 Å². The van der Waals surface area contributed by atoms with E-state index in [2.05, 4.69) is 5.32 Å². The van der Waals surface area contributed by atoms with E-state index in [0.29, 0.717) is 47.5 Å². The van der Waals surface area contributed by atoms with E-state index in [9.17, 15) is 13.2 Å². The molecule has 1 amide bonds. The third-order valence-electron chi connectivity index (χ3n) is 5.28. The maximum Gasteiger partial charge on any atom is 0.243 e. The molecule has 0 saturated carbocycles. The zero-order valence-electron chi connectivity index (χ0n) is 17.3. The Morgan fingerprint density at radius 3 is 2.33 bits per heavy atom. The molecule has 0 aliphatic carbocycles. The van der Waals surface area contributed by atoms with Gasteiger partial charge in [0, 0.05) is 31.2 Å². The highest BCUT2D eigenvalue weighted by molar-refractivity contribution is 7.89. The van der Waals surface area contributed by atoms with E-state index in [4.69, 9.17) is 16.3 Å². The zero-order chi connectivity index (χ0) is 21.9. The van der Waals surface area contributed by atoms with Crippen LogP contribution in [-0.2, 0) is 14.8 Å². The molecule has 3 rings (SSSR count). The van der Waals surface area contributed by atoms with E-state index in [1.54, 1.807) is 49.4 Å². The van der Waals surface area contributed by atoms with Gasteiger partial charge in [-0.3, -0.25) is 9.69 Å². The normalized spacial score (nSPS) is 16.8. The van der Waals surface area contributed by atoms with Crippen LogP contribution in [0.3, 0.4) is 0 Å². The first-order chi connectivity index (χ1) is 14.2. The number of methoxy groups -OCH3 is 1. The number of amides is 1. The largest absolute Gasteiger partial charge is 0.495 e. The number of ether oxygens (including phenoxy) is 1. The summed E-state index contributed by atoms with van der Waals surface area (Å²) in [4.78, 5) is 15.0. The van der Waals surface area contributed by atoms with Crippen molar-refractivity contribution in [2.45, 2.75) is 24.8 Å². The van der Waals surface area contributed by atoms with Gasteiger partial charge < -0.3 is 10.1 Å². The molecule has 0 bridgehead atoms. The van der Waals surface area contributed by atoms with Crippen molar-refractivity contribution in [1.29, 1.82) is 0 Å². The number of piperazine rings is 1. The molecule has 1 unspecified atom stereocenters. The van der Waals surface area contributed by atoms with E-state index in [1.807, 2.05) is 11.8 Å². The van der Waals surface area contributed by atoms with Gasteiger partial charge in [0.15, 0.2) is 0 Å². The third-order valence-corrected chi connectivity index (χ3v) is 7.43. The predicted molar refractivity (Wildman–Crippen MR) is 118 cm³/mol. The van der Waals surface area contributed by atoms with E-state index >= 15 is 0 Å². The number of rotatable bonds is 6. The number of hydrogen-bond acceptors (Lipinski definition) is 5. The lowest BCUT2D eigenvalue weighted by Crippen LogP contribution is -2.53. The molecule has 2 aromatic rings. The average molecular weight is 452 g/mol. The van der Waals surface area contributed by atoms with Gasteiger partial charge in [0.1, 0.15) is 5.75 Å². The molecular weight excluding hydrogens is 426 g/mol. The molecule has 7 nitrogen and oxygen atoms in total. The minimum Gasteiger partial charge on any atom is -0.495 e. The summed E-state index contributed by atoms with van der Waals surface area (Å²) in [6.07, 6.45) is 0. The van der Waals surface area contributed by atoms with Gasteiger partial charge in [-0.25, -0.2) is 8.42 Å². The van der Waals surface area contributed by atoms with Gasteiger partial charge in [0.25, 0.3) is 0 Å². The van der Waals surface area contributed by atoms with Crippen LogP contribution in [0.5, 0.6) is 5.75 Å². The van der Waals surface area contributed by atoms with Crippen LogP contribution >= 0.6 is 11.6 Å². The highest BCUT2D eigenvalue weighted by atomic mass is 35.5. The van der Waals surface area contributed by atoms with Crippen LogP contribution in [0.15, 0.2) is 47.4 Å². The Balaban J connectivity index is 1.62. The molecule has 1 aliphatic rings. The fraction of sp³-hybridized carbons (Fsp3) is 0.381. The smallest absolute Gasteiger partial charge is 0.243 e. The first-order valence-corrected chi connectivity index (χ1v) is 11.5. The minimum atomic E-state index is -3.54. The maximum atomic E-state index is 12.9. The number of benzene rings is 2. The van der Waals surface area contributed by atoms with E-state index in [-0.39, 0.29) is 5.91 Å². The lowest BCUT2D eigenvalue weighted by Gasteiger charge is -2.36. The van der Waals surface area contributed by atoms with Crippen LogP contribution < -0.4 is 10.1 Å². The standard InChI is InChI=1S/C21H26ClN3O4S/c1-15-4-7-18(8-5-15)30(27,28)25-12-10-24(11-13-25)16(2)21(26)23-19-14-17(22)6-9-20(19)29-3/h4-9,14,16H,10-13H2,1-3H3,(H,23,26). The van der Waals surface area contributed by atoms with Gasteiger partial charge >= 0.3 is 0 Å². The number of halogens is 1. The summed E-state index contributed by atoms with van der Waals surface area (Å²) in [5.74, 6) is 0.319. The molecule has 30 heavy (non-hydrogen) atoms. The number of hydrogen-bond donors (Lipinski definition) is 1. The van der Waals surface area contributed by atoms with E-state index in [0.717, 1.165) is 5.56 Å². The molecule has 1 atom stereocenters. The number of carbonyl (C=O) groups excluding carboxylic acids is 1. The van der Waals surface area contributed by atoms with Gasteiger partial charge in [-0.15, -0.1) is 0 Å². The summed E-state index contributed by atoms with van der Waals surface area (Å²) in [6, 6.07) is 11.4. The van der Waals surface area contributed by atoms with Crippen molar-refractivity contribution < 1.29 is 17.9 Å². The number of anilines is 1. The van der Waals surface area contributed by atoms with Crippen molar-refractivity contribution in [3.05, 3.63) is 53.1 Å². The Hall–Kier alpha value is -2.13. The minimum absolute atomic E-state index is 0.203. The zero-order valence-corrected chi connectivity index (χ0v) is 18.8. The Kier molecular flexibility index (Phi) is 7.02. The van der Waals surface area contributed by atoms with Gasteiger partial charge in [0.2, 0.25) is 15.9 Å². The number of nitrogens with zero attached hydrogens (tertiary/aromatic N) is 2. The van der Waals surface area contributed by atoms with Crippen LogP contribution in [0.25, 0.3) is 0 Å². The van der Waals surface area contributed by atoms with Crippen LogP contribution in [0.1, 0.15) is 12.5 Å². The lowest BCUT2D eigenvalue weighted by molar-refractivity contribution is -0.121. The first-order valence-electron chi connectivity index (χ1n) is 9.67. The summed E-state index contributed by atoms with van der Waals surface area (Å²) in [6.45, 7) is 5.30. The molecule has 2 aromatic carbocycles. The summed E-state index contributed by atoms with van der Waals surface area (Å²) in [7, 11) is -2.01. The fourth-order valence-corrected chi connectivity index (χ4v) is 4.97. The van der Waals surface area contributed by atoms with Crippen LogP contribution in [0.4, 0.5) is 5.69 Å². The molecule has 1 fully saturated rings. The average Bonchev–Trinajstić information content (AvgIpc) is 2.74. The molecule has 0 radical (unpaired) electrons. The van der Waals surface area contributed by atoms with Gasteiger partial charge in [-0.2, -0.15) is 4.31 Å². The predicted octanol–water partition coefficient (Wildman–Crippen LogP) is 2.99. The summed E-state index contributed by atoms with van der Waals surface area (Å²) < 4.78 is 32.4. The quantitative estimate of drug-likeness (QED) is 0.730.